The molecule has 0 aromatic rings. The van der Waals surface area contributed by atoms with Crippen molar-refractivity contribution < 1.29 is 0 Å². The molecule has 0 aliphatic heterocycles. The number of nitrogens with zero attached hydrogens (tertiary/aromatic N) is 1. The number of hydrogen-bond donors (Lipinski definition) is 1. The van der Waals surface area contributed by atoms with Gasteiger partial charge in [-0.1, -0.05) is 13.8 Å². The highest BCUT2D eigenvalue weighted by Gasteiger charge is 2.23. The molecule has 1 saturated carbocycles. The van der Waals surface area contributed by atoms with Crippen molar-refractivity contribution in [2.24, 2.45) is 11.7 Å². The van der Waals surface area contributed by atoms with Crippen molar-refractivity contribution >= 4 is 0 Å². The van der Waals surface area contributed by atoms with E-state index in [4.69, 9.17) is 5.73 Å². The summed E-state index contributed by atoms with van der Waals surface area (Å²) in [5.41, 5.74) is 5.90. The van der Waals surface area contributed by atoms with E-state index >= 15 is 0 Å². The van der Waals surface area contributed by atoms with Gasteiger partial charge in [0, 0.05) is 19.1 Å². The van der Waals surface area contributed by atoms with Gasteiger partial charge in [-0.25, -0.2) is 0 Å². The SMILES string of the molecule is CCC(N)CN(CC)CC1CC1. The molecule has 0 heterocycles. The van der Waals surface area contributed by atoms with Crippen molar-refractivity contribution in [1.29, 1.82) is 0 Å². The van der Waals surface area contributed by atoms with Crippen molar-refractivity contribution in [3.63, 3.8) is 0 Å². The molecule has 0 saturated heterocycles. The second-order valence-electron chi connectivity index (χ2n) is 3.96. The van der Waals surface area contributed by atoms with Gasteiger partial charge in [-0.3, -0.25) is 0 Å². The maximum atomic E-state index is 5.90. The first-order chi connectivity index (χ1) is 5.76. The van der Waals surface area contributed by atoms with Gasteiger partial charge in [-0.05, 0) is 31.7 Å². The Morgan fingerprint density at radius 3 is 2.50 bits per heavy atom. The van der Waals surface area contributed by atoms with E-state index in [2.05, 4.69) is 18.7 Å². The highest BCUT2D eigenvalue weighted by atomic mass is 15.1. The van der Waals surface area contributed by atoms with Gasteiger partial charge in [0.25, 0.3) is 0 Å². The van der Waals surface area contributed by atoms with Crippen LogP contribution < -0.4 is 5.73 Å². The van der Waals surface area contributed by atoms with Crippen molar-refractivity contribution in [1.82, 2.24) is 4.90 Å². The number of likely N-dealkylation sites (N-methyl/N-ethyl adjacent to an activating group) is 1. The molecule has 1 rings (SSSR count). The second kappa shape index (κ2) is 4.83. The maximum absolute atomic E-state index is 5.90. The average molecular weight is 170 g/mol. The van der Waals surface area contributed by atoms with E-state index < -0.39 is 0 Å². The van der Waals surface area contributed by atoms with Gasteiger partial charge >= 0.3 is 0 Å². The van der Waals surface area contributed by atoms with Crippen LogP contribution in [0.4, 0.5) is 0 Å². The minimum Gasteiger partial charge on any atom is -0.327 e. The summed E-state index contributed by atoms with van der Waals surface area (Å²) in [4.78, 5) is 2.49. The highest BCUT2D eigenvalue weighted by molar-refractivity contribution is 4.78. The Labute approximate surface area is 76.1 Å². The lowest BCUT2D eigenvalue weighted by molar-refractivity contribution is 0.257. The van der Waals surface area contributed by atoms with Crippen LogP contribution in [0.3, 0.4) is 0 Å². The Balaban J connectivity index is 2.14. The molecule has 12 heavy (non-hydrogen) atoms. The maximum Gasteiger partial charge on any atom is 0.0165 e. The van der Waals surface area contributed by atoms with E-state index in [0.29, 0.717) is 6.04 Å². The van der Waals surface area contributed by atoms with Gasteiger partial charge < -0.3 is 10.6 Å². The van der Waals surface area contributed by atoms with Crippen molar-refractivity contribution in [2.75, 3.05) is 19.6 Å². The van der Waals surface area contributed by atoms with Crippen LogP contribution in [0.1, 0.15) is 33.1 Å². The van der Waals surface area contributed by atoms with Crippen LogP contribution in [-0.2, 0) is 0 Å². The van der Waals surface area contributed by atoms with Gasteiger partial charge in [0.15, 0.2) is 0 Å². The van der Waals surface area contributed by atoms with Gasteiger partial charge in [-0.15, -0.1) is 0 Å². The summed E-state index contributed by atoms with van der Waals surface area (Å²) < 4.78 is 0. The molecule has 0 spiro atoms. The lowest BCUT2D eigenvalue weighted by atomic mass is 10.2. The molecule has 1 fully saturated rings. The molecule has 2 heteroatoms. The predicted octanol–water partition coefficient (Wildman–Crippen LogP) is 1.46. The summed E-state index contributed by atoms with van der Waals surface area (Å²) in [5, 5.41) is 0. The second-order valence-corrected chi connectivity index (χ2v) is 3.96. The third-order valence-electron chi connectivity index (χ3n) is 2.68. The summed E-state index contributed by atoms with van der Waals surface area (Å²) >= 11 is 0. The zero-order valence-corrected chi connectivity index (χ0v) is 8.42. The molecule has 1 atom stereocenters. The quantitative estimate of drug-likeness (QED) is 0.654. The van der Waals surface area contributed by atoms with E-state index in [1.165, 1.54) is 19.4 Å². The minimum atomic E-state index is 0.378. The lowest BCUT2D eigenvalue weighted by Crippen LogP contribution is -2.38. The molecular weight excluding hydrogens is 148 g/mol. The van der Waals surface area contributed by atoms with Crippen LogP contribution in [0.25, 0.3) is 0 Å². The largest absolute Gasteiger partial charge is 0.327 e. The van der Waals surface area contributed by atoms with Crippen LogP contribution in [0, 0.1) is 5.92 Å². The molecule has 1 aliphatic rings. The smallest absolute Gasteiger partial charge is 0.0165 e. The molecule has 0 bridgehead atoms. The lowest BCUT2D eigenvalue weighted by Gasteiger charge is -2.23. The number of nitrogens with two attached hydrogens (primary N) is 1. The first-order valence-corrected chi connectivity index (χ1v) is 5.24. The van der Waals surface area contributed by atoms with Gasteiger partial charge in [-0.2, -0.15) is 0 Å². The molecule has 0 aromatic carbocycles. The summed E-state index contributed by atoms with van der Waals surface area (Å²) in [6, 6.07) is 0.378. The summed E-state index contributed by atoms with van der Waals surface area (Å²) in [5.74, 6) is 0.994. The standard InChI is InChI=1S/C10H22N2/c1-3-10(11)8-12(4-2)7-9-5-6-9/h9-10H,3-8,11H2,1-2H3. The van der Waals surface area contributed by atoms with E-state index in [9.17, 15) is 0 Å². The number of hydrogen-bond acceptors (Lipinski definition) is 2. The third kappa shape index (κ3) is 3.55. The fraction of sp³-hybridized carbons (Fsp3) is 1.00. The summed E-state index contributed by atoms with van der Waals surface area (Å²) in [7, 11) is 0. The fourth-order valence-corrected chi connectivity index (χ4v) is 1.46. The monoisotopic (exact) mass is 170 g/mol. The zero-order chi connectivity index (χ0) is 8.97. The Bertz CT molecular complexity index is 121. The van der Waals surface area contributed by atoms with Crippen LogP contribution in [0.2, 0.25) is 0 Å². The molecule has 0 amide bonds. The first kappa shape index (κ1) is 10.0. The average Bonchev–Trinajstić information content (AvgIpc) is 2.86. The van der Waals surface area contributed by atoms with E-state index in [1.807, 2.05) is 0 Å². The molecule has 1 aliphatic carbocycles. The third-order valence-corrected chi connectivity index (χ3v) is 2.68. The molecule has 1 unspecified atom stereocenters. The fourth-order valence-electron chi connectivity index (χ4n) is 1.46. The van der Waals surface area contributed by atoms with Crippen LogP contribution in [0.15, 0.2) is 0 Å². The van der Waals surface area contributed by atoms with E-state index in [0.717, 1.165) is 25.4 Å². The normalized spacial score (nSPS) is 20.0. The van der Waals surface area contributed by atoms with Crippen LogP contribution >= 0.6 is 0 Å². The topological polar surface area (TPSA) is 29.3 Å². The van der Waals surface area contributed by atoms with Crippen LogP contribution in [-0.4, -0.2) is 30.6 Å². The molecule has 72 valence electrons. The van der Waals surface area contributed by atoms with Crippen LogP contribution in [0.5, 0.6) is 0 Å². The predicted molar refractivity (Wildman–Crippen MR) is 53.1 cm³/mol. The summed E-state index contributed by atoms with van der Waals surface area (Å²) in [6.07, 6.45) is 3.98. The Kier molecular flexibility index (Phi) is 4.02. The molecule has 2 nitrogen and oxygen atoms in total. The van der Waals surface area contributed by atoms with Crippen molar-refractivity contribution in [2.45, 2.75) is 39.2 Å². The van der Waals surface area contributed by atoms with Gasteiger partial charge in [0.1, 0.15) is 0 Å². The van der Waals surface area contributed by atoms with E-state index in [-0.39, 0.29) is 0 Å². The highest BCUT2D eigenvalue weighted by Crippen LogP contribution is 2.29. The Morgan fingerprint density at radius 1 is 1.42 bits per heavy atom. The molecule has 2 N–H and O–H groups in total. The van der Waals surface area contributed by atoms with Crippen molar-refractivity contribution in [3.05, 3.63) is 0 Å². The zero-order valence-electron chi connectivity index (χ0n) is 8.42. The number of rotatable bonds is 6. The van der Waals surface area contributed by atoms with Crippen molar-refractivity contribution in [3.8, 4) is 0 Å². The Morgan fingerprint density at radius 2 is 2.08 bits per heavy atom. The summed E-state index contributed by atoms with van der Waals surface area (Å²) in [6.45, 7) is 7.91. The molecule has 0 aromatic heterocycles. The molecular formula is C10H22N2. The van der Waals surface area contributed by atoms with E-state index in [1.54, 1.807) is 0 Å². The van der Waals surface area contributed by atoms with Gasteiger partial charge in [0.05, 0.1) is 0 Å². The molecule has 0 radical (unpaired) electrons. The Hall–Kier alpha value is -0.0800. The first-order valence-electron chi connectivity index (χ1n) is 5.24. The minimum absolute atomic E-state index is 0.378. The van der Waals surface area contributed by atoms with Gasteiger partial charge in [0.2, 0.25) is 0 Å².